The minimum Gasteiger partial charge on any atom is -0.469 e. The summed E-state index contributed by atoms with van der Waals surface area (Å²) in [7, 11) is 0. The third kappa shape index (κ3) is 12.0. The first kappa shape index (κ1) is 35.8. The lowest BCUT2D eigenvalue weighted by atomic mass is 9.99. The van der Waals surface area contributed by atoms with Crippen LogP contribution in [0.25, 0.3) is 0 Å². The molecule has 2 aromatic rings. The molecule has 16 heteroatoms. The molecule has 0 fully saturated rings. The number of hydrogen-bond donors (Lipinski definition) is 6. The predicted octanol–water partition coefficient (Wildman–Crippen LogP) is -0.868. The summed E-state index contributed by atoms with van der Waals surface area (Å²) in [5.74, 6) is -4.31. The normalized spacial score (nSPS) is 21.7. The summed E-state index contributed by atoms with van der Waals surface area (Å²) < 4.78 is 5.38. The number of rotatable bonds is 10. The number of carbonyl (C=O) groups excluding carboxylic acids is 7. The Balaban J connectivity index is 1.84. The van der Waals surface area contributed by atoms with Crippen LogP contribution in [0.3, 0.4) is 0 Å². The van der Waals surface area contributed by atoms with Gasteiger partial charge in [0.1, 0.15) is 29.6 Å². The molecule has 0 spiro atoms. The number of nitrogens with two attached hydrogens (primary N) is 1. The van der Waals surface area contributed by atoms with Crippen molar-refractivity contribution in [1.29, 1.82) is 0 Å². The van der Waals surface area contributed by atoms with Gasteiger partial charge in [0.25, 0.3) is 5.91 Å². The molecule has 4 unspecified atom stereocenters. The van der Waals surface area contributed by atoms with Crippen molar-refractivity contribution in [2.75, 3.05) is 6.54 Å². The van der Waals surface area contributed by atoms with Gasteiger partial charge in [0.15, 0.2) is 5.78 Å². The number of nitrogens with zero attached hydrogens (tertiary/aromatic N) is 2. The molecule has 47 heavy (non-hydrogen) atoms. The van der Waals surface area contributed by atoms with E-state index in [0.29, 0.717) is 5.76 Å². The molecule has 4 atom stereocenters. The smallest absolute Gasteiger partial charge is 0.271 e. The topological polar surface area (TPSA) is 245 Å². The fraction of sp³-hybridized carbons (Fsp3) is 0.387. The zero-order valence-corrected chi connectivity index (χ0v) is 25.6. The summed E-state index contributed by atoms with van der Waals surface area (Å²) in [6.45, 7) is 3.75. The highest BCUT2D eigenvalue weighted by Gasteiger charge is 2.30. The maximum atomic E-state index is 13.6. The van der Waals surface area contributed by atoms with Crippen LogP contribution in [0.5, 0.6) is 0 Å². The van der Waals surface area contributed by atoms with Crippen LogP contribution in [0.4, 0.5) is 0 Å². The lowest BCUT2D eigenvalue weighted by Crippen LogP contribution is -2.56. The van der Waals surface area contributed by atoms with Crippen molar-refractivity contribution in [3.05, 3.63) is 73.2 Å². The Morgan fingerprint density at radius 1 is 1.00 bits per heavy atom. The Labute approximate surface area is 270 Å². The number of ketones is 1. The van der Waals surface area contributed by atoms with E-state index in [-0.39, 0.29) is 63.0 Å². The van der Waals surface area contributed by atoms with Crippen LogP contribution >= 0.6 is 0 Å². The third-order valence-electron chi connectivity index (χ3n) is 7.07. The second-order valence-electron chi connectivity index (χ2n) is 10.6. The van der Waals surface area contributed by atoms with Gasteiger partial charge < -0.3 is 36.7 Å². The van der Waals surface area contributed by atoms with Crippen LogP contribution < -0.4 is 32.3 Å². The molecule has 0 radical (unpaired) electrons. The van der Waals surface area contributed by atoms with E-state index in [4.69, 9.17) is 10.2 Å². The Morgan fingerprint density at radius 2 is 1.72 bits per heavy atom. The highest BCUT2D eigenvalue weighted by molar-refractivity contribution is 6.00. The maximum Gasteiger partial charge on any atom is 0.271 e. The van der Waals surface area contributed by atoms with E-state index in [1.54, 1.807) is 12.1 Å². The molecule has 3 rings (SSSR count). The van der Waals surface area contributed by atoms with Gasteiger partial charge in [-0.2, -0.15) is 0 Å². The zero-order chi connectivity index (χ0) is 34.2. The summed E-state index contributed by atoms with van der Waals surface area (Å²) in [4.78, 5) is 97.4. The van der Waals surface area contributed by atoms with Crippen molar-refractivity contribution in [3.8, 4) is 0 Å². The summed E-state index contributed by atoms with van der Waals surface area (Å²) in [5, 5.41) is 12.9. The van der Waals surface area contributed by atoms with Gasteiger partial charge in [-0.1, -0.05) is 6.08 Å². The van der Waals surface area contributed by atoms with Crippen LogP contribution in [-0.2, 0) is 35.2 Å². The average Bonchev–Trinajstić information content (AvgIpc) is 3.57. The summed E-state index contributed by atoms with van der Waals surface area (Å²) in [6, 6.07) is -1.35. The van der Waals surface area contributed by atoms with Crippen molar-refractivity contribution in [2.45, 2.75) is 69.1 Å². The molecule has 0 saturated carbocycles. The quantitative estimate of drug-likeness (QED) is 0.137. The fourth-order valence-electron chi connectivity index (χ4n) is 4.64. The number of amides is 6. The zero-order valence-electron chi connectivity index (χ0n) is 25.6. The van der Waals surface area contributed by atoms with Crippen molar-refractivity contribution in [3.63, 3.8) is 0 Å². The number of primary amides is 1. The molecule has 250 valence electrons. The van der Waals surface area contributed by atoms with Crippen LogP contribution in [0.2, 0.25) is 0 Å². The monoisotopic (exact) mass is 650 g/mol. The second-order valence-corrected chi connectivity index (χ2v) is 10.6. The SMILES string of the molecule is C=CCC1NC(=O)C=CC(=O)NC(C(N)=O)CCCC(=O)C(CCCNC(=O)c2cnccn2)NC(=O)C(Cc2ccco2)NC1=O. The van der Waals surface area contributed by atoms with Gasteiger partial charge in [-0.25, -0.2) is 4.98 Å². The molecular weight excluding hydrogens is 612 g/mol. The van der Waals surface area contributed by atoms with Gasteiger partial charge in [-0.3, -0.25) is 38.5 Å². The van der Waals surface area contributed by atoms with E-state index in [0.717, 1.165) is 12.2 Å². The van der Waals surface area contributed by atoms with E-state index < -0.39 is 59.6 Å². The molecule has 0 saturated heterocycles. The van der Waals surface area contributed by atoms with Crippen LogP contribution in [0, 0.1) is 0 Å². The highest BCUT2D eigenvalue weighted by Crippen LogP contribution is 2.11. The number of aromatic nitrogens is 2. The van der Waals surface area contributed by atoms with Crippen molar-refractivity contribution in [2.24, 2.45) is 5.73 Å². The van der Waals surface area contributed by atoms with Gasteiger partial charge in [0, 0.05) is 43.9 Å². The molecule has 0 bridgehead atoms. The summed E-state index contributed by atoms with van der Waals surface area (Å²) in [6.07, 6.45) is 9.03. The maximum absolute atomic E-state index is 13.6. The average molecular weight is 651 g/mol. The second kappa shape index (κ2) is 18.3. The minimum absolute atomic E-state index is 0.0142. The minimum atomic E-state index is -1.22. The first-order chi connectivity index (χ1) is 22.6. The van der Waals surface area contributed by atoms with Crippen LogP contribution in [0.1, 0.15) is 54.8 Å². The Hall–Kier alpha value is -5.67. The van der Waals surface area contributed by atoms with E-state index in [1.165, 1.54) is 30.9 Å². The van der Waals surface area contributed by atoms with Crippen molar-refractivity contribution < 1.29 is 38.0 Å². The molecule has 1 aliphatic rings. The first-order valence-electron chi connectivity index (χ1n) is 15.0. The lowest BCUT2D eigenvalue weighted by molar-refractivity contribution is -0.133. The molecule has 6 amide bonds. The number of hydrogen-bond acceptors (Lipinski definition) is 10. The first-order valence-corrected chi connectivity index (χ1v) is 15.0. The summed E-state index contributed by atoms with van der Waals surface area (Å²) in [5.41, 5.74) is 5.55. The van der Waals surface area contributed by atoms with E-state index in [2.05, 4.69) is 43.1 Å². The Bertz CT molecular complexity index is 1460. The van der Waals surface area contributed by atoms with Gasteiger partial charge >= 0.3 is 0 Å². The van der Waals surface area contributed by atoms with Gasteiger partial charge in [-0.05, 0) is 44.2 Å². The van der Waals surface area contributed by atoms with Crippen molar-refractivity contribution in [1.82, 2.24) is 36.6 Å². The highest BCUT2D eigenvalue weighted by atomic mass is 16.3. The van der Waals surface area contributed by atoms with Gasteiger partial charge in [-0.15, -0.1) is 6.58 Å². The molecule has 0 aromatic carbocycles. The Morgan fingerprint density at radius 3 is 2.38 bits per heavy atom. The van der Waals surface area contributed by atoms with Crippen LogP contribution in [-0.4, -0.2) is 81.9 Å². The number of nitrogens with one attached hydrogen (secondary N) is 5. The lowest BCUT2D eigenvalue weighted by Gasteiger charge is -2.25. The standard InChI is InChI=1S/C31H38N8O8/c1-2-6-22-30(45)39-23(17-19-7-5-16-47-19)31(46)38-20(9-4-13-35-29(44)24-18-33-14-15-34-24)25(40)10-3-8-21(28(32)43)36-26(41)11-12-27(42)37-22/h2,5,7,11-12,14-16,18,20-23H,1,3-4,6,8-10,13,17H2,(H2,32,43)(H,35,44)(H,36,41)(H,37,42)(H,38,46)(H,39,45). The number of furan rings is 1. The van der Waals surface area contributed by atoms with Crippen LogP contribution in [0.15, 0.2) is 66.2 Å². The predicted molar refractivity (Wildman–Crippen MR) is 166 cm³/mol. The number of carbonyl (C=O) groups is 7. The molecule has 0 aliphatic carbocycles. The largest absolute Gasteiger partial charge is 0.469 e. The fourth-order valence-corrected chi connectivity index (χ4v) is 4.64. The third-order valence-corrected chi connectivity index (χ3v) is 7.07. The van der Waals surface area contributed by atoms with Gasteiger partial charge in [0.2, 0.25) is 29.5 Å². The summed E-state index contributed by atoms with van der Waals surface area (Å²) >= 11 is 0. The molecular formula is C31H38N8O8. The molecule has 2 aromatic heterocycles. The number of Topliss-reactive ketones (excluding diaryl/α,β-unsaturated/α-hetero) is 1. The van der Waals surface area contributed by atoms with E-state index in [9.17, 15) is 33.6 Å². The Kier molecular flexibility index (Phi) is 14.0. The van der Waals surface area contributed by atoms with E-state index in [1.807, 2.05) is 0 Å². The molecule has 1 aliphatic heterocycles. The molecule has 7 N–H and O–H groups in total. The van der Waals surface area contributed by atoms with Crippen molar-refractivity contribution >= 4 is 41.2 Å². The van der Waals surface area contributed by atoms with Gasteiger partial charge in [0.05, 0.1) is 18.5 Å². The van der Waals surface area contributed by atoms with E-state index >= 15 is 0 Å². The molecule has 16 nitrogen and oxygen atoms in total. The molecule has 3 heterocycles.